The van der Waals surface area contributed by atoms with Crippen molar-refractivity contribution in [2.45, 2.75) is 11.8 Å². The minimum Gasteiger partial charge on any atom is -0.494 e. The third-order valence-electron chi connectivity index (χ3n) is 3.49. The first-order valence-electron chi connectivity index (χ1n) is 8.19. The van der Waals surface area contributed by atoms with Gasteiger partial charge in [0.2, 0.25) is 0 Å². The summed E-state index contributed by atoms with van der Waals surface area (Å²) in [6, 6.07) is 12.0. The number of ether oxygens (including phenoxy) is 2. The largest absolute Gasteiger partial charge is 0.494 e. The second-order valence-electron chi connectivity index (χ2n) is 5.40. The zero-order valence-electron chi connectivity index (χ0n) is 14.9. The molecule has 2 aromatic carbocycles. The van der Waals surface area contributed by atoms with Crippen molar-refractivity contribution in [1.29, 1.82) is 0 Å². The van der Waals surface area contributed by atoms with Crippen LogP contribution in [-0.2, 0) is 14.8 Å². The molecule has 27 heavy (non-hydrogen) atoms. The van der Waals surface area contributed by atoms with Crippen LogP contribution in [0.4, 0.5) is 5.69 Å². The molecule has 0 atom stereocenters. The van der Waals surface area contributed by atoms with Crippen LogP contribution in [0.15, 0.2) is 66.1 Å². The van der Waals surface area contributed by atoms with Crippen LogP contribution >= 0.6 is 0 Å². The summed E-state index contributed by atoms with van der Waals surface area (Å²) in [5.41, 5.74) is 0.220. The van der Waals surface area contributed by atoms with Gasteiger partial charge in [-0.25, -0.2) is 8.42 Å². The molecule has 7 nitrogen and oxygen atoms in total. The molecule has 0 bridgehead atoms. The minimum atomic E-state index is -4.07. The first-order valence-corrected chi connectivity index (χ1v) is 9.63. The highest BCUT2D eigenvalue weighted by atomic mass is 32.2. The highest BCUT2D eigenvalue weighted by Gasteiger charge is 2.27. The van der Waals surface area contributed by atoms with Gasteiger partial charge in [-0.05, 0) is 55.5 Å². The third-order valence-corrected chi connectivity index (χ3v) is 5.28. The SMILES string of the molecule is C=CCOc1ccc(N(CC(=O)O)S(=O)(=O)c2ccc(OCC)cc2)cc1. The number of aliphatic carboxylic acids is 1. The standard InChI is InChI=1S/C19H21NO6S/c1-3-13-26-17-7-5-15(6-8-17)20(14-19(21)22)27(23,24)18-11-9-16(10-12-18)25-4-2/h3,5-12H,1,4,13-14H2,2H3,(H,21,22). The van der Waals surface area contributed by atoms with E-state index in [2.05, 4.69) is 6.58 Å². The average Bonchev–Trinajstić information content (AvgIpc) is 2.65. The fraction of sp³-hybridized carbons (Fsp3) is 0.211. The van der Waals surface area contributed by atoms with E-state index in [0.29, 0.717) is 24.7 Å². The molecule has 0 unspecified atom stereocenters. The summed E-state index contributed by atoms with van der Waals surface area (Å²) in [5, 5.41) is 9.18. The molecule has 0 saturated carbocycles. The van der Waals surface area contributed by atoms with Crippen LogP contribution in [-0.4, -0.2) is 39.3 Å². The molecule has 2 aromatic rings. The van der Waals surface area contributed by atoms with Crippen LogP contribution < -0.4 is 13.8 Å². The monoisotopic (exact) mass is 391 g/mol. The Kier molecular flexibility index (Phi) is 6.84. The van der Waals surface area contributed by atoms with Crippen molar-refractivity contribution >= 4 is 21.7 Å². The molecule has 0 aliphatic heterocycles. The number of sulfonamides is 1. The average molecular weight is 391 g/mol. The number of carbonyl (C=O) groups is 1. The maximum Gasteiger partial charge on any atom is 0.324 e. The van der Waals surface area contributed by atoms with E-state index in [-0.39, 0.29) is 10.6 Å². The second-order valence-corrected chi connectivity index (χ2v) is 7.27. The molecule has 2 rings (SSSR count). The molecular formula is C19H21NO6S. The van der Waals surface area contributed by atoms with Crippen LogP contribution in [0.3, 0.4) is 0 Å². The summed E-state index contributed by atoms with van der Waals surface area (Å²) >= 11 is 0. The number of benzene rings is 2. The van der Waals surface area contributed by atoms with Crippen molar-refractivity contribution < 1.29 is 27.8 Å². The lowest BCUT2D eigenvalue weighted by Crippen LogP contribution is -2.35. The zero-order chi connectivity index (χ0) is 19.9. The number of nitrogens with zero attached hydrogens (tertiary/aromatic N) is 1. The summed E-state index contributed by atoms with van der Waals surface area (Å²) in [6.45, 7) is 5.43. The van der Waals surface area contributed by atoms with Crippen molar-refractivity contribution in [2.24, 2.45) is 0 Å². The molecule has 0 radical (unpaired) electrons. The van der Waals surface area contributed by atoms with Crippen LogP contribution in [0.5, 0.6) is 11.5 Å². The molecule has 0 heterocycles. The molecule has 8 heteroatoms. The predicted molar refractivity (Wildman–Crippen MR) is 102 cm³/mol. The first kappa shape index (κ1) is 20.3. The molecule has 0 aromatic heterocycles. The van der Waals surface area contributed by atoms with E-state index >= 15 is 0 Å². The Bertz CT molecular complexity index is 875. The Morgan fingerprint density at radius 2 is 1.63 bits per heavy atom. The molecule has 1 N–H and O–H groups in total. The molecule has 0 fully saturated rings. The van der Waals surface area contributed by atoms with E-state index in [1.54, 1.807) is 18.2 Å². The fourth-order valence-electron chi connectivity index (χ4n) is 2.30. The number of hydrogen-bond donors (Lipinski definition) is 1. The zero-order valence-corrected chi connectivity index (χ0v) is 15.7. The Morgan fingerprint density at radius 1 is 1.07 bits per heavy atom. The number of rotatable bonds is 10. The number of hydrogen-bond acceptors (Lipinski definition) is 5. The first-order chi connectivity index (χ1) is 12.9. The maximum absolute atomic E-state index is 13.0. The van der Waals surface area contributed by atoms with Gasteiger partial charge in [-0.1, -0.05) is 12.7 Å². The lowest BCUT2D eigenvalue weighted by molar-refractivity contribution is -0.135. The Hall–Kier alpha value is -3.00. The van der Waals surface area contributed by atoms with E-state index < -0.39 is 22.5 Å². The van der Waals surface area contributed by atoms with Crippen LogP contribution in [0.2, 0.25) is 0 Å². The maximum atomic E-state index is 13.0. The van der Waals surface area contributed by atoms with Gasteiger partial charge in [0.25, 0.3) is 10.0 Å². The van der Waals surface area contributed by atoms with Gasteiger partial charge in [-0.3, -0.25) is 9.10 Å². The van der Waals surface area contributed by atoms with Gasteiger partial charge in [-0.15, -0.1) is 0 Å². The van der Waals surface area contributed by atoms with Crippen molar-refractivity contribution in [3.05, 3.63) is 61.2 Å². The summed E-state index contributed by atoms with van der Waals surface area (Å²) in [4.78, 5) is 11.2. The van der Waals surface area contributed by atoms with Crippen molar-refractivity contribution in [1.82, 2.24) is 0 Å². The Labute approximate surface area is 158 Å². The van der Waals surface area contributed by atoms with Crippen molar-refractivity contribution in [3.8, 4) is 11.5 Å². The Balaban J connectivity index is 2.36. The Morgan fingerprint density at radius 3 is 2.15 bits per heavy atom. The van der Waals surface area contributed by atoms with E-state index in [0.717, 1.165) is 4.31 Å². The molecule has 0 saturated heterocycles. The van der Waals surface area contributed by atoms with Crippen LogP contribution in [0.25, 0.3) is 0 Å². The third kappa shape index (κ3) is 5.24. The number of carboxylic acids is 1. The molecule has 144 valence electrons. The number of anilines is 1. The molecule has 0 amide bonds. The van der Waals surface area contributed by atoms with E-state index in [1.807, 2.05) is 6.92 Å². The lowest BCUT2D eigenvalue weighted by atomic mass is 10.3. The quantitative estimate of drug-likeness (QED) is 0.626. The summed E-state index contributed by atoms with van der Waals surface area (Å²) in [5.74, 6) is -0.214. The van der Waals surface area contributed by atoms with E-state index in [9.17, 15) is 18.3 Å². The molecular weight excluding hydrogens is 370 g/mol. The minimum absolute atomic E-state index is 0.0285. The topological polar surface area (TPSA) is 93.1 Å². The lowest BCUT2D eigenvalue weighted by Gasteiger charge is -2.23. The summed E-state index contributed by atoms with van der Waals surface area (Å²) < 4.78 is 37.4. The van der Waals surface area contributed by atoms with Crippen molar-refractivity contribution in [3.63, 3.8) is 0 Å². The summed E-state index contributed by atoms with van der Waals surface area (Å²) in [7, 11) is -4.07. The van der Waals surface area contributed by atoms with Gasteiger partial charge in [0.05, 0.1) is 17.2 Å². The van der Waals surface area contributed by atoms with Crippen molar-refractivity contribution in [2.75, 3.05) is 24.1 Å². The van der Waals surface area contributed by atoms with Gasteiger partial charge in [-0.2, -0.15) is 0 Å². The van der Waals surface area contributed by atoms with Gasteiger partial charge in [0.15, 0.2) is 0 Å². The molecule has 0 aliphatic rings. The normalized spacial score (nSPS) is 10.9. The van der Waals surface area contributed by atoms with Gasteiger partial charge >= 0.3 is 5.97 Å². The fourth-order valence-corrected chi connectivity index (χ4v) is 3.72. The van der Waals surface area contributed by atoms with E-state index in [1.165, 1.54) is 36.4 Å². The molecule has 0 spiro atoms. The van der Waals surface area contributed by atoms with Gasteiger partial charge in [0.1, 0.15) is 24.7 Å². The van der Waals surface area contributed by atoms with Gasteiger partial charge < -0.3 is 14.6 Å². The molecule has 0 aliphatic carbocycles. The van der Waals surface area contributed by atoms with Crippen LogP contribution in [0, 0.1) is 0 Å². The highest BCUT2D eigenvalue weighted by molar-refractivity contribution is 7.92. The predicted octanol–water partition coefficient (Wildman–Crippen LogP) is 2.93. The smallest absolute Gasteiger partial charge is 0.324 e. The number of carboxylic acid groups (broad SMARTS) is 1. The van der Waals surface area contributed by atoms with E-state index in [4.69, 9.17) is 9.47 Å². The second kappa shape index (κ2) is 9.09. The highest BCUT2D eigenvalue weighted by Crippen LogP contribution is 2.27. The summed E-state index contributed by atoms with van der Waals surface area (Å²) in [6.07, 6.45) is 1.58. The van der Waals surface area contributed by atoms with Gasteiger partial charge in [0, 0.05) is 0 Å². The van der Waals surface area contributed by atoms with Crippen LogP contribution in [0.1, 0.15) is 6.92 Å².